The third-order valence-corrected chi connectivity index (χ3v) is 6.27. The molecule has 0 unspecified atom stereocenters. The monoisotopic (exact) mass is 377 g/mol. The van der Waals surface area contributed by atoms with E-state index in [0.29, 0.717) is 24.8 Å². The maximum atomic E-state index is 13.0. The van der Waals surface area contributed by atoms with E-state index in [1.165, 1.54) is 16.4 Å². The van der Waals surface area contributed by atoms with Crippen LogP contribution in [0.25, 0.3) is 0 Å². The predicted molar refractivity (Wildman–Crippen MR) is 101 cm³/mol. The van der Waals surface area contributed by atoms with Crippen molar-refractivity contribution in [2.45, 2.75) is 32.6 Å². The lowest BCUT2D eigenvalue weighted by molar-refractivity contribution is 0.274. The van der Waals surface area contributed by atoms with E-state index in [1.54, 1.807) is 24.3 Å². The minimum Gasteiger partial charge on any atom is -0.254 e. The fourth-order valence-electron chi connectivity index (χ4n) is 3.24. The van der Waals surface area contributed by atoms with Crippen molar-refractivity contribution in [3.05, 3.63) is 59.5 Å². The van der Waals surface area contributed by atoms with E-state index in [-0.39, 0.29) is 5.82 Å². The molecular weight excluding hydrogens is 353 g/mol. The van der Waals surface area contributed by atoms with Crippen LogP contribution in [0.15, 0.2) is 42.5 Å². The molecule has 0 atom stereocenters. The second kappa shape index (κ2) is 8.14. The SMILES string of the molecule is CCc1cccc(NS(=O)(=O)N2CCC(Cc3ccc(F)cc3)CC2)n1. The molecule has 0 aliphatic carbocycles. The lowest BCUT2D eigenvalue weighted by atomic mass is 9.91. The second-order valence-electron chi connectivity index (χ2n) is 6.65. The summed E-state index contributed by atoms with van der Waals surface area (Å²) in [4.78, 5) is 4.30. The van der Waals surface area contributed by atoms with Crippen LogP contribution in [0.2, 0.25) is 0 Å². The Labute approximate surface area is 154 Å². The predicted octanol–water partition coefficient (Wildman–Crippen LogP) is 3.39. The van der Waals surface area contributed by atoms with Crippen molar-refractivity contribution >= 4 is 16.0 Å². The van der Waals surface area contributed by atoms with Gasteiger partial charge in [0.15, 0.2) is 0 Å². The zero-order valence-electron chi connectivity index (χ0n) is 14.9. The third-order valence-electron chi connectivity index (χ3n) is 4.75. The molecule has 1 aliphatic rings. The Bertz CT molecular complexity index is 832. The summed E-state index contributed by atoms with van der Waals surface area (Å²) < 4.78 is 42.2. The summed E-state index contributed by atoms with van der Waals surface area (Å²) in [5, 5.41) is 0. The van der Waals surface area contributed by atoms with Gasteiger partial charge in [-0.3, -0.25) is 4.72 Å². The number of pyridine rings is 1. The van der Waals surface area contributed by atoms with Gasteiger partial charge in [-0.25, -0.2) is 9.37 Å². The lowest BCUT2D eigenvalue weighted by Gasteiger charge is -2.31. The minimum atomic E-state index is -3.59. The summed E-state index contributed by atoms with van der Waals surface area (Å²) in [6, 6.07) is 11.9. The van der Waals surface area contributed by atoms with E-state index in [0.717, 1.165) is 36.9 Å². The first-order valence-corrected chi connectivity index (χ1v) is 10.4. The highest BCUT2D eigenvalue weighted by Gasteiger charge is 2.28. The van der Waals surface area contributed by atoms with Crippen LogP contribution in [0, 0.1) is 11.7 Å². The quantitative estimate of drug-likeness (QED) is 0.839. The molecule has 0 amide bonds. The summed E-state index contributed by atoms with van der Waals surface area (Å²) in [6.45, 7) is 2.94. The molecule has 1 fully saturated rings. The van der Waals surface area contributed by atoms with Crippen LogP contribution in [0.5, 0.6) is 0 Å². The number of hydrogen-bond donors (Lipinski definition) is 1. The topological polar surface area (TPSA) is 62.3 Å². The fourth-order valence-corrected chi connectivity index (χ4v) is 4.44. The van der Waals surface area contributed by atoms with Crippen LogP contribution in [0.4, 0.5) is 10.2 Å². The van der Waals surface area contributed by atoms with Gasteiger partial charge in [0.1, 0.15) is 11.6 Å². The van der Waals surface area contributed by atoms with E-state index < -0.39 is 10.2 Å². The molecule has 1 aromatic heterocycles. The molecule has 0 saturated carbocycles. The molecule has 1 saturated heterocycles. The van der Waals surface area contributed by atoms with Crippen molar-refractivity contribution in [1.29, 1.82) is 0 Å². The van der Waals surface area contributed by atoms with Crippen molar-refractivity contribution in [2.24, 2.45) is 5.92 Å². The van der Waals surface area contributed by atoms with E-state index in [2.05, 4.69) is 9.71 Å². The summed E-state index contributed by atoms with van der Waals surface area (Å²) in [7, 11) is -3.59. The third kappa shape index (κ3) is 4.80. The van der Waals surface area contributed by atoms with Crippen LogP contribution in [-0.2, 0) is 23.1 Å². The molecule has 0 bridgehead atoms. The molecule has 140 valence electrons. The van der Waals surface area contributed by atoms with Crippen molar-refractivity contribution in [3.8, 4) is 0 Å². The number of anilines is 1. The molecule has 1 aliphatic heterocycles. The largest absolute Gasteiger partial charge is 0.302 e. The number of hydrogen-bond acceptors (Lipinski definition) is 3. The van der Waals surface area contributed by atoms with Crippen LogP contribution in [-0.4, -0.2) is 30.8 Å². The van der Waals surface area contributed by atoms with Crippen LogP contribution >= 0.6 is 0 Å². The fraction of sp³-hybridized carbons (Fsp3) is 0.421. The Balaban J connectivity index is 1.56. The number of aryl methyl sites for hydroxylation is 1. The van der Waals surface area contributed by atoms with Gasteiger partial charge in [-0.1, -0.05) is 25.1 Å². The van der Waals surface area contributed by atoms with Gasteiger partial charge in [0.2, 0.25) is 0 Å². The van der Waals surface area contributed by atoms with Crippen LogP contribution in [0.3, 0.4) is 0 Å². The maximum Gasteiger partial charge on any atom is 0.302 e. The average molecular weight is 377 g/mol. The number of halogens is 1. The maximum absolute atomic E-state index is 13.0. The van der Waals surface area contributed by atoms with Crippen LogP contribution < -0.4 is 4.72 Å². The molecular formula is C19H24FN3O2S. The Hall–Kier alpha value is -1.99. The average Bonchev–Trinajstić information content (AvgIpc) is 2.64. The first-order valence-electron chi connectivity index (χ1n) is 8.94. The zero-order valence-corrected chi connectivity index (χ0v) is 15.7. The Morgan fingerprint density at radius 3 is 2.50 bits per heavy atom. The van der Waals surface area contributed by atoms with Gasteiger partial charge in [0.05, 0.1) is 0 Å². The van der Waals surface area contributed by atoms with Gasteiger partial charge in [0.25, 0.3) is 0 Å². The molecule has 2 heterocycles. The standard InChI is InChI=1S/C19H24FN3O2S/c1-2-18-4-3-5-19(21-18)22-26(24,25)23-12-10-16(11-13-23)14-15-6-8-17(20)9-7-15/h3-9,16H,2,10-14H2,1H3,(H,21,22). The van der Waals surface area contributed by atoms with Crippen LogP contribution in [0.1, 0.15) is 31.0 Å². The van der Waals surface area contributed by atoms with Gasteiger partial charge < -0.3 is 0 Å². The summed E-state index contributed by atoms with van der Waals surface area (Å²) in [5.41, 5.74) is 1.94. The minimum absolute atomic E-state index is 0.235. The molecule has 2 aromatic rings. The molecule has 3 rings (SSSR count). The Morgan fingerprint density at radius 2 is 1.85 bits per heavy atom. The van der Waals surface area contributed by atoms with Crippen molar-refractivity contribution in [2.75, 3.05) is 17.8 Å². The highest BCUT2D eigenvalue weighted by molar-refractivity contribution is 7.90. The molecule has 1 aromatic carbocycles. The molecule has 1 N–H and O–H groups in total. The lowest BCUT2D eigenvalue weighted by Crippen LogP contribution is -2.42. The highest BCUT2D eigenvalue weighted by atomic mass is 32.2. The smallest absolute Gasteiger partial charge is 0.254 e. The Kier molecular flexibility index (Phi) is 5.88. The number of aromatic nitrogens is 1. The summed E-state index contributed by atoms with van der Waals surface area (Å²) >= 11 is 0. The number of rotatable bonds is 6. The Morgan fingerprint density at radius 1 is 1.15 bits per heavy atom. The van der Waals surface area contributed by atoms with E-state index in [9.17, 15) is 12.8 Å². The second-order valence-corrected chi connectivity index (χ2v) is 8.32. The molecule has 0 spiro atoms. The first-order chi connectivity index (χ1) is 12.5. The van der Waals surface area contributed by atoms with E-state index >= 15 is 0 Å². The summed E-state index contributed by atoms with van der Waals surface area (Å²) in [5.74, 6) is 0.535. The van der Waals surface area contributed by atoms with Gasteiger partial charge in [-0.15, -0.1) is 0 Å². The molecule has 26 heavy (non-hydrogen) atoms. The summed E-state index contributed by atoms with van der Waals surface area (Å²) in [6.07, 6.45) is 3.19. The van der Waals surface area contributed by atoms with Crippen molar-refractivity contribution < 1.29 is 12.8 Å². The number of benzene rings is 1. The van der Waals surface area contributed by atoms with Crippen molar-refractivity contribution in [3.63, 3.8) is 0 Å². The van der Waals surface area contributed by atoms with Gasteiger partial charge in [0, 0.05) is 18.8 Å². The normalized spacial score (nSPS) is 16.5. The zero-order chi connectivity index (χ0) is 18.6. The van der Waals surface area contributed by atoms with Crippen molar-refractivity contribution in [1.82, 2.24) is 9.29 Å². The molecule has 0 radical (unpaired) electrons. The van der Waals surface area contributed by atoms with Gasteiger partial charge >= 0.3 is 10.2 Å². The van der Waals surface area contributed by atoms with E-state index in [4.69, 9.17) is 0 Å². The van der Waals surface area contributed by atoms with E-state index in [1.807, 2.05) is 13.0 Å². The first kappa shape index (κ1) is 18.8. The van der Waals surface area contributed by atoms with Gasteiger partial charge in [-0.05, 0) is 61.4 Å². The number of piperidine rings is 1. The van der Waals surface area contributed by atoms with Gasteiger partial charge in [-0.2, -0.15) is 12.7 Å². The molecule has 7 heteroatoms. The molecule has 5 nitrogen and oxygen atoms in total. The highest BCUT2D eigenvalue weighted by Crippen LogP contribution is 2.24. The number of nitrogens with one attached hydrogen (secondary N) is 1. The number of nitrogens with zero attached hydrogens (tertiary/aromatic N) is 2.